The van der Waals surface area contributed by atoms with Gasteiger partial charge < -0.3 is 26.0 Å². The molecular formula is C24H30N6O2. The topological polar surface area (TPSA) is 105 Å². The zero-order valence-electron chi connectivity index (χ0n) is 18.5. The van der Waals surface area contributed by atoms with Crippen LogP contribution in [-0.4, -0.2) is 61.2 Å². The average molecular weight is 435 g/mol. The van der Waals surface area contributed by atoms with Gasteiger partial charge in [-0.05, 0) is 50.8 Å². The van der Waals surface area contributed by atoms with Crippen LogP contribution in [-0.2, 0) is 4.74 Å². The summed E-state index contributed by atoms with van der Waals surface area (Å²) in [4.78, 5) is 23.4. The summed E-state index contributed by atoms with van der Waals surface area (Å²) in [6.07, 6.45) is 2.59. The molecule has 0 unspecified atom stereocenters. The summed E-state index contributed by atoms with van der Waals surface area (Å²) < 4.78 is 5.59. The van der Waals surface area contributed by atoms with E-state index in [1.165, 1.54) is 0 Å². The van der Waals surface area contributed by atoms with Crippen molar-refractivity contribution in [2.45, 2.75) is 6.42 Å². The van der Waals surface area contributed by atoms with E-state index in [9.17, 15) is 4.79 Å². The van der Waals surface area contributed by atoms with Crippen molar-refractivity contribution in [3.8, 4) is 11.3 Å². The second-order valence-corrected chi connectivity index (χ2v) is 7.58. The number of para-hydroxylation sites is 2. The molecule has 2 aromatic carbocycles. The Morgan fingerprint density at radius 1 is 1.06 bits per heavy atom. The highest BCUT2D eigenvalue weighted by atomic mass is 16.5. The van der Waals surface area contributed by atoms with E-state index in [1.807, 2.05) is 44.4 Å². The number of rotatable bonds is 11. The zero-order chi connectivity index (χ0) is 22.8. The molecule has 0 aliphatic rings. The molecule has 8 heteroatoms. The summed E-state index contributed by atoms with van der Waals surface area (Å²) in [6.45, 7) is 3.07. The first-order valence-electron chi connectivity index (χ1n) is 10.6. The fourth-order valence-corrected chi connectivity index (χ4v) is 2.93. The molecule has 0 radical (unpaired) electrons. The number of aromatic nitrogens is 2. The van der Waals surface area contributed by atoms with Crippen molar-refractivity contribution in [2.75, 3.05) is 56.8 Å². The van der Waals surface area contributed by atoms with Gasteiger partial charge in [-0.3, -0.25) is 4.79 Å². The Hall–Kier alpha value is -3.49. The van der Waals surface area contributed by atoms with Crippen molar-refractivity contribution in [3.05, 3.63) is 66.4 Å². The van der Waals surface area contributed by atoms with Crippen molar-refractivity contribution in [3.63, 3.8) is 0 Å². The monoisotopic (exact) mass is 434 g/mol. The van der Waals surface area contributed by atoms with Gasteiger partial charge in [0, 0.05) is 37.0 Å². The van der Waals surface area contributed by atoms with Gasteiger partial charge >= 0.3 is 0 Å². The third kappa shape index (κ3) is 7.04. The van der Waals surface area contributed by atoms with Crippen LogP contribution in [0.1, 0.15) is 16.8 Å². The number of amides is 1. The summed E-state index contributed by atoms with van der Waals surface area (Å²) in [5.74, 6) is 0.351. The van der Waals surface area contributed by atoms with Crippen molar-refractivity contribution >= 4 is 23.2 Å². The second kappa shape index (κ2) is 11.8. The zero-order valence-corrected chi connectivity index (χ0v) is 18.5. The Balaban J connectivity index is 1.52. The number of carbonyl (C=O) groups is 1. The van der Waals surface area contributed by atoms with Gasteiger partial charge in [0.1, 0.15) is 0 Å². The van der Waals surface area contributed by atoms with Gasteiger partial charge in [0.2, 0.25) is 5.95 Å². The summed E-state index contributed by atoms with van der Waals surface area (Å²) in [7, 11) is 4.05. The summed E-state index contributed by atoms with van der Waals surface area (Å²) in [5, 5.41) is 6.06. The van der Waals surface area contributed by atoms with Crippen LogP contribution in [0.2, 0.25) is 0 Å². The number of nitrogens with one attached hydrogen (secondary N) is 2. The number of anilines is 3. The van der Waals surface area contributed by atoms with E-state index in [4.69, 9.17) is 10.5 Å². The summed E-state index contributed by atoms with van der Waals surface area (Å²) in [5.41, 5.74) is 9.24. The number of benzene rings is 2. The van der Waals surface area contributed by atoms with Crippen molar-refractivity contribution < 1.29 is 9.53 Å². The number of nitrogens with two attached hydrogens (primary N) is 1. The average Bonchev–Trinajstić information content (AvgIpc) is 2.80. The lowest BCUT2D eigenvalue weighted by atomic mass is 10.1. The van der Waals surface area contributed by atoms with Gasteiger partial charge in [-0.1, -0.05) is 24.3 Å². The van der Waals surface area contributed by atoms with Crippen molar-refractivity contribution in [1.29, 1.82) is 0 Å². The van der Waals surface area contributed by atoms with Gasteiger partial charge in [-0.25, -0.2) is 9.97 Å². The Labute approximate surface area is 188 Å². The predicted molar refractivity (Wildman–Crippen MR) is 129 cm³/mol. The number of hydrogen-bond acceptors (Lipinski definition) is 7. The third-order valence-electron chi connectivity index (χ3n) is 4.74. The van der Waals surface area contributed by atoms with Gasteiger partial charge in [0.05, 0.1) is 23.7 Å². The minimum atomic E-state index is -0.215. The lowest BCUT2D eigenvalue weighted by Gasteiger charge is -2.10. The molecule has 0 saturated carbocycles. The first kappa shape index (κ1) is 23.2. The molecule has 0 aliphatic heterocycles. The number of nitrogen functional groups attached to an aromatic ring is 1. The van der Waals surface area contributed by atoms with Crippen LogP contribution in [0.5, 0.6) is 0 Å². The minimum Gasteiger partial charge on any atom is -0.397 e. The lowest BCUT2D eigenvalue weighted by molar-refractivity contribution is 0.102. The normalized spacial score (nSPS) is 10.8. The Morgan fingerprint density at radius 3 is 2.59 bits per heavy atom. The highest BCUT2D eigenvalue weighted by Gasteiger charge is 2.09. The van der Waals surface area contributed by atoms with Gasteiger partial charge in [0.15, 0.2) is 0 Å². The summed E-state index contributed by atoms with van der Waals surface area (Å²) >= 11 is 0. The van der Waals surface area contributed by atoms with Gasteiger partial charge in [-0.2, -0.15) is 0 Å². The lowest BCUT2D eigenvalue weighted by Crippen LogP contribution is -2.18. The fraction of sp³-hybridized carbons (Fsp3) is 0.292. The van der Waals surface area contributed by atoms with Crippen LogP contribution in [0.15, 0.2) is 60.8 Å². The highest BCUT2D eigenvalue weighted by Crippen LogP contribution is 2.21. The first-order valence-corrected chi connectivity index (χ1v) is 10.6. The van der Waals surface area contributed by atoms with Gasteiger partial charge in [0.25, 0.3) is 5.91 Å². The van der Waals surface area contributed by atoms with E-state index in [-0.39, 0.29) is 5.91 Å². The molecule has 0 spiro atoms. The van der Waals surface area contributed by atoms with Crippen LogP contribution < -0.4 is 16.4 Å². The molecule has 0 atom stereocenters. The number of carbonyl (C=O) groups excluding carboxylic acids is 1. The van der Waals surface area contributed by atoms with Crippen LogP contribution >= 0.6 is 0 Å². The standard InChI is InChI=1S/C24H30N6O2/c1-30(2)15-17-32-16-5-13-26-24-27-14-12-21(29-24)18-8-10-19(11-9-18)23(31)28-22-7-4-3-6-20(22)25/h3-4,6-12,14H,5,13,15-17,25H2,1-2H3,(H,28,31)(H,26,27,29). The van der Waals surface area contributed by atoms with Crippen molar-refractivity contribution in [1.82, 2.24) is 14.9 Å². The molecule has 1 amide bonds. The molecule has 0 saturated heterocycles. The molecule has 1 heterocycles. The van der Waals surface area contributed by atoms with Crippen LogP contribution in [0.4, 0.5) is 17.3 Å². The highest BCUT2D eigenvalue weighted by molar-refractivity contribution is 6.05. The smallest absolute Gasteiger partial charge is 0.255 e. The molecular weight excluding hydrogens is 404 g/mol. The molecule has 0 bridgehead atoms. The second-order valence-electron chi connectivity index (χ2n) is 7.58. The SMILES string of the molecule is CN(C)CCOCCCNc1nccc(-c2ccc(C(=O)Nc3ccccc3N)cc2)n1. The van der Waals surface area contributed by atoms with Crippen molar-refractivity contribution in [2.24, 2.45) is 0 Å². The number of likely N-dealkylation sites (N-methyl/N-ethyl adjacent to an activating group) is 1. The first-order chi connectivity index (χ1) is 15.5. The maximum absolute atomic E-state index is 12.5. The Morgan fingerprint density at radius 2 is 1.84 bits per heavy atom. The molecule has 4 N–H and O–H groups in total. The maximum atomic E-state index is 12.5. The summed E-state index contributed by atoms with van der Waals surface area (Å²) in [6, 6.07) is 16.3. The van der Waals surface area contributed by atoms with Crippen LogP contribution in [0.25, 0.3) is 11.3 Å². The van der Waals surface area contributed by atoms with E-state index in [2.05, 4.69) is 25.5 Å². The predicted octanol–water partition coefficient (Wildman–Crippen LogP) is 3.36. The molecule has 3 aromatic rings. The quantitative estimate of drug-likeness (QED) is 0.314. The number of hydrogen-bond donors (Lipinski definition) is 3. The number of ether oxygens (including phenoxy) is 1. The van der Waals surface area contributed by atoms with Crippen LogP contribution in [0.3, 0.4) is 0 Å². The van der Waals surface area contributed by atoms with E-state index < -0.39 is 0 Å². The van der Waals surface area contributed by atoms with E-state index in [0.29, 0.717) is 29.5 Å². The molecule has 1 aromatic heterocycles. The van der Waals surface area contributed by atoms with E-state index in [0.717, 1.165) is 37.4 Å². The maximum Gasteiger partial charge on any atom is 0.255 e. The fourth-order valence-electron chi connectivity index (χ4n) is 2.93. The molecule has 0 aliphatic carbocycles. The van der Waals surface area contributed by atoms with E-state index >= 15 is 0 Å². The third-order valence-corrected chi connectivity index (χ3v) is 4.74. The number of nitrogens with zero attached hydrogens (tertiary/aromatic N) is 3. The van der Waals surface area contributed by atoms with E-state index in [1.54, 1.807) is 30.5 Å². The Kier molecular flexibility index (Phi) is 8.53. The molecule has 8 nitrogen and oxygen atoms in total. The molecule has 3 rings (SSSR count). The van der Waals surface area contributed by atoms with Crippen LogP contribution in [0, 0.1) is 0 Å². The molecule has 32 heavy (non-hydrogen) atoms. The largest absolute Gasteiger partial charge is 0.397 e. The van der Waals surface area contributed by atoms with Gasteiger partial charge in [-0.15, -0.1) is 0 Å². The minimum absolute atomic E-state index is 0.215. The molecule has 0 fully saturated rings. The Bertz CT molecular complexity index is 1010. The molecule has 168 valence electrons.